The number of nitrogens with one attached hydrogen (secondary N) is 1. The number of nitriles is 1. The summed E-state index contributed by atoms with van der Waals surface area (Å²) in [6, 6.07) is 12.1. The van der Waals surface area contributed by atoms with Crippen molar-refractivity contribution in [1.82, 2.24) is 10.2 Å². The molecular weight excluding hydrogens is 619 g/mol. The number of hydrogen-bond donors (Lipinski definition) is 3. The number of primary amides is 1. The fourth-order valence-electron chi connectivity index (χ4n) is 5.44. The SMILES string of the molecule is COc1ccc(C2C(C#N)=C(N)N(c3nnc(SCC(=O)Nc4ccccc4C(N)=O)s3)C3=C2C(=O)CCC3)c(OC)c1OC. The van der Waals surface area contributed by atoms with Gasteiger partial charge in [0.2, 0.25) is 16.8 Å². The number of para-hydroxylation sites is 1. The molecule has 5 N–H and O–H groups in total. The smallest absolute Gasteiger partial charge is 0.250 e. The molecule has 2 amide bonds. The second-order valence-electron chi connectivity index (χ2n) is 9.84. The molecule has 2 aromatic carbocycles. The maximum atomic E-state index is 13.6. The highest BCUT2D eigenvalue weighted by Gasteiger charge is 2.43. The first-order valence-corrected chi connectivity index (χ1v) is 15.4. The number of benzene rings is 2. The summed E-state index contributed by atoms with van der Waals surface area (Å²) in [5.41, 5.74) is 14.3. The summed E-state index contributed by atoms with van der Waals surface area (Å²) in [4.78, 5) is 39.5. The Bertz CT molecular complexity index is 1790. The number of Topliss-reactive ketones (excluding diaryl/α,β-unsaturated/α-hetero) is 1. The summed E-state index contributed by atoms with van der Waals surface area (Å²) in [5, 5.41) is 22.0. The number of anilines is 2. The first kappa shape index (κ1) is 31.4. The molecule has 0 fully saturated rings. The summed E-state index contributed by atoms with van der Waals surface area (Å²) >= 11 is 2.30. The van der Waals surface area contributed by atoms with Gasteiger partial charge in [-0.25, -0.2) is 0 Å². The number of ketones is 1. The minimum atomic E-state index is -0.808. The van der Waals surface area contributed by atoms with Crippen LogP contribution in [0.3, 0.4) is 0 Å². The van der Waals surface area contributed by atoms with Crippen LogP contribution in [0.25, 0.3) is 0 Å². The lowest BCUT2D eigenvalue weighted by molar-refractivity contribution is -0.116. The fraction of sp³-hybridized carbons (Fsp3) is 0.267. The number of carbonyl (C=O) groups is 3. The van der Waals surface area contributed by atoms with E-state index >= 15 is 0 Å². The predicted octanol–water partition coefficient (Wildman–Crippen LogP) is 3.70. The van der Waals surface area contributed by atoms with Gasteiger partial charge in [-0.15, -0.1) is 10.2 Å². The summed E-state index contributed by atoms with van der Waals surface area (Å²) in [5.74, 6) is -0.776. The lowest BCUT2D eigenvalue weighted by Crippen LogP contribution is -2.38. The predicted molar refractivity (Wildman–Crippen MR) is 168 cm³/mol. The van der Waals surface area contributed by atoms with Gasteiger partial charge in [0.15, 0.2) is 21.6 Å². The third kappa shape index (κ3) is 5.89. The van der Waals surface area contributed by atoms with Crippen LogP contribution in [0.2, 0.25) is 0 Å². The molecule has 1 aliphatic carbocycles. The Kier molecular flexibility index (Phi) is 9.26. The molecule has 15 heteroatoms. The van der Waals surface area contributed by atoms with Gasteiger partial charge in [0, 0.05) is 23.3 Å². The number of thioether (sulfide) groups is 1. The topological polar surface area (TPSA) is 196 Å². The average Bonchev–Trinajstić information content (AvgIpc) is 3.51. The molecule has 1 atom stereocenters. The van der Waals surface area contributed by atoms with Crippen molar-refractivity contribution in [3.05, 3.63) is 70.2 Å². The van der Waals surface area contributed by atoms with Crippen LogP contribution in [-0.4, -0.2) is 54.9 Å². The van der Waals surface area contributed by atoms with Gasteiger partial charge in [-0.3, -0.25) is 19.3 Å². The molecule has 5 rings (SSSR count). The van der Waals surface area contributed by atoms with Crippen LogP contribution in [-0.2, 0) is 9.59 Å². The minimum absolute atomic E-state index is 0.0237. The standard InChI is InChI=1S/C30H29N7O6S2/c1-41-21-12-11-16(25(42-2)26(21)43-3)23-17(13-31)27(32)37(19-9-6-10-20(38)24(19)23)29-35-36-30(45-29)44-14-22(39)34-18-8-5-4-7-15(18)28(33)40/h4-5,7-8,11-12,23H,6,9-10,14,32H2,1-3H3,(H2,33,40)(H,34,39). The van der Waals surface area contributed by atoms with Crippen molar-refractivity contribution in [2.45, 2.75) is 29.5 Å². The summed E-state index contributed by atoms with van der Waals surface area (Å²) in [7, 11) is 4.46. The van der Waals surface area contributed by atoms with Gasteiger partial charge in [-0.05, 0) is 31.0 Å². The highest BCUT2D eigenvalue weighted by atomic mass is 32.2. The van der Waals surface area contributed by atoms with Crippen LogP contribution in [0.1, 0.15) is 41.1 Å². The van der Waals surface area contributed by atoms with Crippen molar-refractivity contribution in [3.8, 4) is 23.3 Å². The number of ether oxygens (including phenoxy) is 3. The van der Waals surface area contributed by atoms with Crippen LogP contribution in [0, 0.1) is 11.3 Å². The number of aromatic nitrogens is 2. The second-order valence-corrected chi connectivity index (χ2v) is 12.0. The lowest BCUT2D eigenvalue weighted by Gasteiger charge is -2.38. The number of hydrogen-bond acceptors (Lipinski definition) is 13. The molecule has 1 aromatic heterocycles. The highest BCUT2D eigenvalue weighted by molar-refractivity contribution is 8.01. The molecule has 0 saturated heterocycles. The first-order valence-electron chi connectivity index (χ1n) is 13.6. The maximum Gasteiger partial charge on any atom is 0.250 e. The average molecular weight is 648 g/mol. The molecular formula is C30H29N7O6S2. The molecule has 0 radical (unpaired) electrons. The highest BCUT2D eigenvalue weighted by Crippen LogP contribution is 2.52. The Hall–Kier alpha value is -5.07. The third-order valence-electron chi connectivity index (χ3n) is 7.34. The van der Waals surface area contributed by atoms with Gasteiger partial charge in [-0.1, -0.05) is 41.3 Å². The zero-order valence-corrected chi connectivity index (χ0v) is 26.2. The van der Waals surface area contributed by atoms with Crippen LogP contribution in [0.15, 0.2) is 63.4 Å². The zero-order chi connectivity index (χ0) is 32.2. The van der Waals surface area contributed by atoms with Crippen LogP contribution < -0.4 is 35.9 Å². The largest absolute Gasteiger partial charge is 0.493 e. The number of rotatable bonds is 10. The van der Waals surface area contributed by atoms with Gasteiger partial charge in [-0.2, -0.15) is 5.26 Å². The Morgan fingerprint density at radius 3 is 2.56 bits per heavy atom. The molecule has 45 heavy (non-hydrogen) atoms. The van der Waals surface area contributed by atoms with E-state index in [-0.39, 0.29) is 34.4 Å². The maximum absolute atomic E-state index is 13.6. The van der Waals surface area contributed by atoms with Crippen LogP contribution in [0.5, 0.6) is 17.2 Å². The zero-order valence-electron chi connectivity index (χ0n) is 24.6. The van der Waals surface area contributed by atoms with Gasteiger partial charge in [0.25, 0.3) is 5.91 Å². The Labute approximate surface area is 266 Å². The molecule has 1 unspecified atom stereocenters. The summed E-state index contributed by atoms with van der Waals surface area (Å²) in [6.07, 6.45) is 1.41. The molecule has 3 aromatic rings. The Balaban J connectivity index is 1.47. The number of carbonyl (C=O) groups excluding carboxylic acids is 3. The van der Waals surface area contributed by atoms with E-state index in [4.69, 9.17) is 25.7 Å². The number of methoxy groups -OCH3 is 3. The quantitative estimate of drug-likeness (QED) is 0.270. The Morgan fingerprint density at radius 2 is 1.87 bits per heavy atom. The van der Waals surface area contributed by atoms with Crippen LogP contribution >= 0.6 is 23.1 Å². The van der Waals surface area contributed by atoms with E-state index in [1.54, 1.807) is 35.2 Å². The van der Waals surface area contributed by atoms with E-state index in [2.05, 4.69) is 21.6 Å². The summed E-state index contributed by atoms with van der Waals surface area (Å²) in [6.45, 7) is 0. The minimum Gasteiger partial charge on any atom is -0.493 e. The molecule has 0 saturated carbocycles. The number of allylic oxidation sites excluding steroid dienone is 3. The van der Waals surface area contributed by atoms with Crippen molar-refractivity contribution in [2.24, 2.45) is 11.5 Å². The van der Waals surface area contributed by atoms with Crippen molar-refractivity contribution >= 4 is 51.5 Å². The van der Waals surface area contributed by atoms with Gasteiger partial charge >= 0.3 is 0 Å². The molecule has 0 bridgehead atoms. The van der Waals surface area contributed by atoms with Crippen LogP contribution in [0.4, 0.5) is 10.8 Å². The fourth-order valence-corrected chi connectivity index (χ4v) is 7.12. The van der Waals surface area contributed by atoms with E-state index in [0.717, 1.165) is 11.8 Å². The van der Waals surface area contributed by atoms with Gasteiger partial charge in [0.1, 0.15) is 5.82 Å². The van der Waals surface area contributed by atoms with E-state index in [9.17, 15) is 19.6 Å². The summed E-state index contributed by atoms with van der Waals surface area (Å²) < 4.78 is 17.2. The third-order valence-corrected chi connectivity index (χ3v) is 9.38. The van der Waals surface area contributed by atoms with Crippen molar-refractivity contribution in [2.75, 3.05) is 37.3 Å². The number of nitrogens with zero attached hydrogens (tertiary/aromatic N) is 4. The Morgan fingerprint density at radius 1 is 1.11 bits per heavy atom. The first-order chi connectivity index (χ1) is 21.7. The van der Waals surface area contributed by atoms with E-state index in [1.807, 2.05) is 0 Å². The van der Waals surface area contributed by atoms with Crippen molar-refractivity contribution in [3.63, 3.8) is 0 Å². The normalized spacial score (nSPS) is 16.2. The monoisotopic (exact) mass is 647 g/mol. The molecule has 1 aliphatic heterocycles. The molecule has 2 heterocycles. The molecule has 2 aliphatic rings. The lowest BCUT2D eigenvalue weighted by atomic mass is 9.75. The molecule has 232 valence electrons. The van der Waals surface area contributed by atoms with Crippen molar-refractivity contribution in [1.29, 1.82) is 5.26 Å². The van der Waals surface area contributed by atoms with E-state index in [1.165, 1.54) is 38.7 Å². The van der Waals surface area contributed by atoms with Gasteiger partial charge in [0.05, 0.1) is 55.9 Å². The molecule has 13 nitrogen and oxygen atoms in total. The van der Waals surface area contributed by atoms with E-state index < -0.39 is 11.8 Å². The van der Waals surface area contributed by atoms with E-state index in [0.29, 0.717) is 68.5 Å². The number of amides is 2. The number of nitrogens with two attached hydrogens (primary N) is 2. The van der Waals surface area contributed by atoms with Gasteiger partial charge < -0.3 is 31.0 Å². The van der Waals surface area contributed by atoms with Crippen molar-refractivity contribution < 1.29 is 28.6 Å². The molecule has 0 spiro atoms. The second kappa shape index (κ2) is 13.3.